The Bertz CT molecular complexity index is 1180. The van der Waals surface area contributed by atoms with Crippen LogP contribution in [-0.2, 0) is 11.3 Å². The SMILES string of the molecule is Cc1cc(C)nc(NCCCC(=O)NCc2ccc(-c3nc(-c4ccccc4)cs3)cc2)n1. The first kappa shape index (κ1) is 22.6. The van der Waals surface area contributed by atoms with Gasteiger partial charge in [-0.1, -0.05) is 54.6 Å². The molecule has 0 bridgehead atoms. The van der Waals surface area contributed by atoms with Crippen molar-refractivity contribution in [2.45, 2.75) is 33.2 Å². The predicted molar refractivity (Wildman–Crippen MR) is 134 cm³/mol. The van der Waals surface area contributed by atoms with Gasteiger partial charge in [-0.05, 0) is 31.9 Å². The lowest BCUT2D eigenvalue weighted by Crippen LogP contribution is -2.23. The molecule has 0 fully saturated rings. The smallest absolute Gasteiger partial charge is 0.223 e. The maximum Gasteiger partial charge on any atom is 0.223 e. The van der Waals surface area contributed by atoms with Crippen LogP contribution in [0.15, 0.2) is 66.0 Å². The lowest BCUT2D eigenvalue weighted by Gasteiger charge is -2.08. The molecule has 0 radical (unpaired) electrons. The molecule has 2 N–H and O–H groups in total. The van der Waals surface area contributed by atoms with Gasteiger partial charge in [0.2, 0.25) is 11.9 Å². The van der Waals surface area contributed by atoms with E-state index in [1.807, 2.05) is 50.2 Å². The van der Waals surface area contributed by atoms with E-state index in [-0.39, 0.29) is 5.91 Å². The minimum absolute atomic E-state index is 0.0367. The minimum Gasteiger partial charge on any atom is -0.354 e. The summed E-state index contributed by atoms with van der Waals surface area (Å²) in [6.45, 7) is 5.06. The second kappa shape index (κ2) is 10.8. The predicted octanol–water partition coefficient (Wildman–Crippen LogP) is 5.39. The molecule has 0 unspecified atom stereocenters. The summed E-state index contributed by atoms with van der Waals surface area (Å²) in [7, 11) is 0. The lowest BCUT2D eigenvalue weighted by molar-refractivity contribution is -0.121. The van der Waals surface area contributed by atoms with Gasteiger partial charge in [0.25, 0.3) is 0 Å². The van der Waals surface area contributed by atoms with Crippen LogP contribution >= 0.6 is 11.3 Å². The van der Waals surface area contributed by atoms with Crippen LogP contribution in [0.3, 0.4) is 0 Å². The molecule has 33 heavy (non-hydrogen) atoms. The highest BCUT2D eigenvalue weighted by atomic mass is 32.1. The van der Waals surface area contributed by atoms with Gasteiger partial charge in [-0.25, -0.2) is 15.0 Å². The first-order valence-corrected chi connectivity index (χ1v) is 11.9. The third-order valence-electron chi connectivity index (χ3n) is 5.11. The van der Waals surface area contributed by atoms with E-state index in [0.29, 0.717) is 25.5 Å². The van der Waals surface area contributed by atoms with Crippen LogP contribution in [0.2, 0.25) is 0 Å². The Balaban J connectivity index is 1.21. The number of thiazole rings is 1. The fourth-order valence-electron chi connectivity index (χ4n) is 3.46. The van der Waals surface area contributed by atoms with Gasteiger partial charge in [-0.15, -0.1) is 11.3 Å². The zero-order valence-electron chi connectivity index (χ0n) is 18.8. The van der Waals surface area contributed by atoms with Gasteiger partial charge in [0.05, 0.1) is 5.69 Å². The first-order valence-electron chi connectivity index (χ1n) is 11.0. The maximum absolute atomic E-state index is 12.2. The lowest BCUT2D eigenvalue weighted by atomic mass is 10.1. The number of nitrogens with zero attached hydrogens (tertiary/aromatic N) is 3. The molecule has 6 nitrogen and oxygen atoms in total. The van der Waals surface area contributed by atoms with Crippen LogP contribution < -0.4 is 10.6 Å². The average Bonchev–Trinajstić information content (AvgIpc) is 3.31. The van der Waals surface area contributed by atoms with Crippen molar-refractivity contribution < 1.29 is 4.79 Å². The number of benzene rings is 2. The number of carbonyl (C=O) groups excluding carboxylic acids is 1. The Morgan fingerprint density at radius 1 is 0.909 bits per heavy atom. The molecule has 0 aliphatic heterocycles. The third-order valence-corrected chi connectivity index (χ3v) is 6.00. The average molecular weight is 458 g/mol. The van der Waals surface area contributed by atoms with E-state index in [1.54, 1.807) is 11.3 Å². The van der Waals surface area contributed by atoms with Crippen LogP contribution in [0.4, 0.5) is 5.95 Å². The summed E-state index contributed by atoms with van der Waals surface area (Å²) >= 11 is 1.64. The largest absolute Gasteiger partial charge is 0.354 e. The van der Waals surface area contributed by atoms with Crippen molar-refractivity contribution in [3.63, 3.8) is 0 Å². The van der Waals surface area contributed by atoms with Crippen LogP contribution in [0.25, 0.3) is 21.8 Å². The van der Waals surface area contributed by atoms with E-state index in [9.17, 15) is 4.79 Å². The molecule has 2 aromatic carbocycles. The van der Waals surface area contributed by atoms with Gasteiger partial charge < -0.3 is 10.6 Å². The van der Waals surface area contributed by atoms with Crippen molar-refractivity contribution in [2.24, 2.45) is 0 Å². The molecule has 168 valence electrons. The first-order chi connectivity index (χ1) is 16.1. The fraction of sp³-hybridized carbons (Fsp3) is 0.231. The Labute approximate surface area is 198 Å². The van der Waals surface area contributed by atoms with Gasteiger partial charge in [0.1, 0.15) is 5.01 Å². The van der Waals surface area contributed by atoms with E-state index < -0.39 is 0 Å². The van der Waals surface area contributed by atoms with E-state index >= 15 is 0 Å². The molecule has 0 spiro atoms. The monoisotopic (exact) mass is 457 g/mol. The summed E-state index contributed by atoms with van der Waals surface area (Å²) in [5.41, 5.74) is 6.12. The summed E-state index contributed by atoms with van der Waals surface area (Å²) < 4.78 is 0. The summed E-state index contributed by atoms with van der Waals surface area (Å²) in [4.78, 5) is 25.6. The highest BCUT2D eigenvalue weighted by molar-refractivity contribution is 7.13. The van der Waals surface area contributed by atoms with Crippen molar-refractivity contribution in [3.8, 4) is 21.8 Å². The summed E-state index contributed by atoms with van der Waals surface area (Å²) in [5.74, 6) is 0.652. The van der Waals surface area contributed by atoms with Gasteiger partial charge in [-0.2, -0.15) is 0 Å². The molecule has 2 aromatic heterocycles. The van der Waals surface area contributed by atoms with Crippen LogP contribution in [0.1, 0.15) is 29.8 Å². The Morgan fingerprint density at radius 2 is 1.64 bits per heavy atom. The van der Waals surface area contributed by atoms with Crippen molar-refractivity contribution >= 4 is 23.2 Å². The Morgan fingerprint density at radius 3 is 2.36 bits per heavy atom. The number of amides is 1. The maximum atomic E-state index is 12.2. The Hall–Kier alpha value is -3.58. The standard InChI is InChI=1S/C26H27N5OS/c1-18-15-19(2)30-26(29-18)27-14-6-9-24(32)28-16-20-10-12-22(13-11-20)25-31-23(17-33-25)21-7-4-3-5-8-21/h3-5,7-8,10-13,15,17H,6,9,14,16H2,1-2H3,(H,28,32)(H,27,29,30). The van der Waals surface area contributed by atoms with Gasteiger partial charge >= 0.3 is 0 Å². The quantitative estimate of drug-likeness (QED) is 0.329. The molecular weight excluding hydrogens is 430 g/mol. The molecule has 0 saturated heterocycles. The number of aryl methyl sites for hydroxylation is 2. The number of aromatic nitrogens is 3. The summed E-state index contributed by atoms with van der Waals surface area (Å²) in [5, 5.41) is 9.25. The van der Waals surface area contributed by atoms with Crippen molar-refractivity contribution in [1.29, 1.82) is 0 Å². The highest BCUT2D eigenvalue weighted by Gasteiger charge is 2.07. The van der Waals surface area contributed by atoms with Crippen molar-refractivity contribution in [3.05, 3.63) is 83.0 Å². The van der Waals surface area contributed by atoms with E-state index in [4.69, 9.17) is 4.98 Å². The zero-order chi connectivity index (χ0) is 23.0. The van der Waals surface area contributed by atoms with Gasteiger partial charge in [0.15, 0.2) is 0 Å². The molecule has 0 aliphatic carbocycles. The summed E-state index contributed by atoms with van der Waals surface area (Å²) in [6.07, 6.45) is 1.17. The van der Waals surface area contributed by atoms with Gasteiger partial charge in [0, 0.05) is 47.4 Å². The molecule has 0 atom stereocenters. The number of rotatable bonds is 9. The molecule has 1 amide bonds. The number of hydrogen-bond acceptors (Lipinski definition) is 6. The number of hydrogen-bond donors (Lipinski definition) is 2. The minimum atomic E-state index is 0.0367. The molecular formula is C26H27N5OS. The number of carbonyl (C=O) groups is 1. The van der Waals surface area contributed by atoms with Crippen molar-refractivity contribution in [2.75, 3.05) is 11.9 Å². The molecule has 2 heterocycles. The fourth-order valence-corrected chi connectivity index (χ4v) is 4.29. The van der Waals surface area contributed by atoms with Crippen LogP contribution in [0, 0.1) is 13.8 Å². The molecule has 0 saturated carbocycles. The van der Waals surface area contributed by atoms with Crippen molar-refractivity contribution in [1.82, 2.24) is 20.3 Å². The van der Waals surface area contributed by atoms with E-state index in [2.05, 4.69) is 50.2 Å². The van der Waals surface area contributed by atoms with Crippen LogP contribution in [-0.4, -0.2) is 27.4 Å². The summed E-state index contributed by atoms with van der Waals surface area (Å²) in [6, 6.07) is 20.3. The normalized spacial score (nSPS) is 10.7. The molecule has 4 aromatic rings. The zero-order valence-corrected chi connectivity index (χ0v) is 19.7. The molecule has 0 aliphatic rings. The highest BCUT2D eigenvalue weighted by Crippen LogP contribution is 2.28. The van der Waals surface area contributed by atoms with E-state index in [0.717, 1.165) is 45.2 Å². The topological polar surface area (TPSA) is 79.8 Å². The number of anilines is 1. The molecule has 4 rings (SSSR count). The van der Waals surface area contributed by atoms with E-state index in [1.165, 1.54) is 0 Å². The molecule has 7 heteroatoms. The van der Waals surface area contributed by atoms with Crippen LogP contribution in [0.5, 0.6) is 0 Å². The Kier molecular flexibility index (Phi) is 7.42. The second-order valence-electron chi connectivity index (χ2n) is 7.88. The van der Waals surface area contributed by atoms with Gasteiger partial charge in [-0.3, -0.25) is 4.79 Å². The third kappa shape index (κ3) is 6.46. The number of nitrogens with one attached hydrogen (secondary N) is 2. The second-order valence-corrected chi connectivity index (χ2v) is 8.74.